The molecule has 0 saturated carbocycles. The molecule has 5 nitrogen and oxygen atoms in total. The van der Waals surface area contributed by atoms with Gasteiger partial charge in [-0.1, -0.05) is 59.1 Å². The van der Waals surface area contributed by atoms with Gasteiger partial charge in [0.25, 0.3) is 11.8 Å². The van der Waals surface area contributed by atoms with Gasteiger partial charge in [-0.15, -0.1) is 0 Å². The highest BCUT2D eigenvalue weighted by Gasteiger charge is 2.35. The molecule has 178 valence electrons. The molecule has 0 aromatic heterocycles. The molecule has 1 aliphatic heterocycles. The normalized spacial score (nSPS) is 14.9. The maximum atomic E-state index is 13.3. The largest absolute Gasteiger partial charge is 0.487 e. The van der Waals surface area contributed by atoms with Crippen LogP contribution in [0.25, 0.3) is 6.08 Å². The van der Waals surface area contributed by atoms with Gasteiger partial charge < -0.3 is 4.74 Å². The van der Waals surface area contributed by atoms with E-state index in [-0.39, 0.29) is 33.0 Å². The zero-order valence-electron chi connectivity index (χ0n) is 17.5. The lowest BCUT2D eigenvalue weighted by Gasteiger charge is -2.29. The number of carbonyl (C=O) groups is 2. The quantitative estimate of drug-likeness (QED) is 0.129. The summed E-state index contributed by atoms with van der Waals surface area (Å²) in [6.45, 7) is 0.280. The molecule has 1 aliphatic rings. The van der Waals surface area contributed by atoms with Crippen LogP contribution in [0.2, 0.25) is 15.1 Å². The highest BCUT2D eigenvalue weighted by molar-refractivity contribution is 14.1. The molecule has 0 atom stereocenters. The first-order chi connectivity index (χ1) is 16.7. The molecule has 2 amide bonds. The van der Waals surface area contributed by atoms with Crippen molar-refractivity contribution >= 4 is 114 Å². The standard InChI is InChI=1S/C24H13BrCl3IN2O3S/c25-15-9-12(10-18(29)21(15)34-11-13-4-1-2-5-16(13)26)8-14-22(32)30-24(35)31(23(14)33)19-7-3-6-17(27)20(19)28/h1-10H,11H2,(H,30,32,35)/b14-8+. The summed E-state index contributed by atoms with van der Waals surface area (Å²) in [4.78, 5) is 27.1. The lowest BCUT2D eigenvalue weighted by Crippen LogP contribution is -2.54. The Morgan fingerprint density at radius 3 is 2.49 bits per heavy atom. The lowest BCUT2D eigenvalue weighted by atomic mass is 10.1. The van der Waals surface area contributed by atoms with Crippen LogP contribution in [0.4, 0.5) is 5.69 Å². The topological polar surface area (TPSA) is 58.6 Å². The zero-order valence-corrected chi connectivity index (χ0v) is 24.3. The van der Waals surface area contributed by atoms with Crippen LogP contribution in [-0.4, -0.2) is 16.9 Å². The Morgan fingerprint density at radius 2 is 1.77 bits per heavy atom. The van der Waals surface area contributed by atoms with Crippen LogP contribution in [-0.2, 0) is 16.2 Å². The highest BCUT2D eigenvalue weighted by Crippen LogP contribution is 2.36. The summed E-state index contributed by atoms with van der Waals surface area (Å²) in [5.41, 5.74) is 1.62. The molecular weight excluding hydrogens is 710 g/mol. The Balaban J connectivity index is 1.64. The second kappa shape index (κ2) is 11.1. The van der Waals surface area contributed by atoms with Crippen molar-refractivity contribution < 1.29 is 14.3 Å². The van der Waals surface area contributed by atoms with Crippen molar-refractivity contribution in [1.82, 2.24) is 5.32 Å². The van der Waals surface area contributed by atoms with Crippen molar-refractivity contribution in [2.45, 2.75) is 6.61 Å². The predicted molar refractivity (Wildman–Crippen MR) is 155 cm³/mol. The Morgan fingerprint density at radius 1 is 1.06 bits per heavy atom. The van der Waals surface area contributed by atoms with E-state index in [4.69, 9.17) is 51.8 Å². The smallest absolute Gasteiger partial charge is 0.270 e. The van der Waals surface area contributed by atoms with Crippen LogP contribution in [0.1, 0.15) is 11.1 Å². The summed E-state index contributed by atoms with van der Waals surface area (Å²) in [5, 5.41) is 3.48. The van der Waals surface area contributed by atoms with Gasteiger partial charge in [-0.05, 0) is 92.7 Å². The average molecular weight is 723 g/mol. The van der Waals surface area contributed by atoms with Gasteiger partial charge in [0, 0.05) is 10.6 Å². The first kappa shape index (κ1) is 26.4. The van der Waals surface area contributed by atoms with Crippen molar-refractivity contribution in [3.63, 3.8) is 0 Å². The number of ether oxygens (including phenoxy) is 1. The molecule has 35 heavy (non-hydrogen) atoms. The lowest BCUT2D eigenvalue weighted by molar-refractivity contribution is -0.122. The summed E-state index contributed by atoms with van der Waals surface area (Å²) in [6.07, 6.45) is 1.48. The van der Waals surface area contributed by atoms with E-state index in [2.05, 4.69) is 43.8 Å². The molecule has 0 spiro atoms. The summed E-state index contributed by atoms with van der Waals surface area (Å²) in [5.74, 6) is -0.617. The van der Waals surface area contributed by atoms with E-state index in [9.17, 15) is 9.59 Å². The molecule has 3 aromatic carbocycles. The van der Waals surface area contributed by atoms with E-state index in [1.807, 2.05) is 18.2 Å². The molecule has 0 aliphatic carbocycles. The number of nitrogens with one attached hydrogen (secondary N) is 1. The minimum atomic E-state index is -0.618. The van der Waals surface area contributed by atoms with Gasteiger partial charge in [0.1, 0.15) is 17.9 Å². The van der Waals surface area contributed by atoms with Gasteiger partial charge >= 0.3 is 0 Å². The van der Waals surface area contributed by atoms with Gasteiger partial charge in [-0.3, -0.25) is 19.8 Å². The first-order valence-electron chi connectivity index (χ1n) is 9.88. The van der Waals surface area contributed by atoms with Crippen molar-refractivity contribution in [2.24, 2.45) is 0 Å². The van der Waals surface area contributed by atoms with Crippen LogP contribution in [0.15, 0.2) is 64.6 Å². The van der Waals surface area contributed by atoms with Crippen LogP contribution in [0.5, 0.6) is 5.75 Å². The average Bonchev–Trinajstić information content (AvgIpc) is 2.80. The molecule has 1 N–H and O–H groups in total. The van der Waals surface area contributed by atoms with Crippen LogP contribution in [0.3, 0.4) is 0 Å². The van der Waals surface area contributed by atoms with E-state index in [0.29, 0.717) is 20.8 Å². The number of anilines is 1. The molecule has 0 radical (unpaired) electrons. The Bertz CT molecular complexity index is 1390. The van der Waals surface area contributed by atoms with Crippen molar-refractivity contribution in [2.75, 3.05) is 4.90 Å². The zero-order chi connectivity index (χ0) is 25.3. The van der Waals surface area contributed by atoms with E-state index >= 15 is 0 Å². The molecule has 0 bridgehead atoms. The monoisotopic (exact) mass is 720 g/mol. The van der Waals surface area contributed by atoms with E-state index < -0.39 is 11.8 Å². The minimum absolute atomic E-state index is 0.0830. The number of carbonyl (C=O) groups excluding carboxylic acids is 2. The second-order valence-electron chi connectivity index (χ2n) is 7.22. The van der Waals surface area contributed by atoms with Crippen molar-refractivity contribution in [3.8, 4) is 5.75 Å². The Hall–Kier alpha value is -1.69. The number of hydrogen-bond acceptors (Lipinski definition) is 4. The number of amides is 2. The van der Waals surface area contributed by atoms with Crippen LogP contribution >= 0.6 is 85.5 Å². The van der Waals surface area contributed by atoms with Crippen molar-refractivity contribution in [3.05, 3.63) is 94.4 Å². The maximum Gasteiger partial charge on any atom is 0.270 e. The SMILES string of the molecule is O=C1NC(=S)N(c2cccc(Cl)c2Cl)C(=O)/C1=C/c1cc(Br)c(OCc2ccccc2Cl)c(I)c1. The molecule has 4 rings (SSSR count). The summed E-state index contributed by atoms with van der Waals surface area (Å²) >= 11 is 29.5. The Labute approximate surface area is 243 Å². The molecule has 0 unspecified atom stereocenters. The van der Waals surface area contributed by atoms with E-state index in [1.165, 1.54) is 6.08 Å². The summed E-state index contributed by atoms with van der Waals surface area (Å²) in [6, 6.07) is 15.8. The fourth-order valence-electron chi connectivity index (χ4n) is 3.27. The van der Waals surface area contributed by atoms with E-state index in [1.54, 1.807) is 36.4 Å². The molecule has 3 aromatic rings. The van der Waals surface area contributed by atoms with Gasteiger partial charge in [0.2, 0.25) is 0 Å². The summed E-state index contributed by atoms with van der Waals surface area (Å²) in [7, 11) is 0. The number of hydrogen-bond donors (Lipinski definition) is 1. The number of thiocarbonyl (C=S) groups is 1. The van der Waals surface area contributed by atoms with E-state index in [0.717, 1.165) is 14.0 Å². The Kier molecular flexibility index (Phi) is 8.40. The van der Waals surface area contributed by atoms with Gasteiger partial charge in [0.05, 0.1) is 23.8 Å². The number of rotatable bonds is 5. The highest BCUT2D eigenvalue weighted by atomic mass is 127. The second-order valence-corrected chi connectivity index (χ2v) is 10.8. The fraction of sp³-hybridized carbons (Fsp3) is 0.0417. The predicted octanol–water partition coefficient (Wildman–Crippen LogP) is 7.42. The van der Waals surface area contributed by atoms with Gasteiger partial charge in [0.15, 0.2) is 5.11 Å². The van der Waals surface area contributed by atoms with Gasteiger partial charge in [-0.2, -0.15) is 0 Å². The molecule has 1 fully saturated rings. The third-order valence-corrected chi connectivity index (χ3v) is 7.79. The van der Waals surface area contributed by atoms with Crippen molar-refractivity contribution in [1.29, 1.82) is 0 Å². The van der Waals surface area contributed by atoms with Crippen LogP contribution in [0, 0.1) is 3.57 Å². The third kappa shape index (κ3) is 5.68. The third-order valence-electron chi connectivity index (χ3n) is 4.94. The maximum absolute atomic E-state index is 13.3. The molecule has 1 heterocycles. The summed E-state index contributed by atoms with van der Waals surface area (Å²) < 4.78 is 7.40. The molecule has 11 heteroatoms. The first-order valence-corrected chi connectivity index (χ1v) is 13.3. The van der Waals surface area contributed by atoms with Crippen LogP contribution < -0.4 is 15.0 Å². The molecule has 1 saturated heterocycles. The number of nitrogens with zero attached hydrogens (tertiary/aromatic N) is 1. The number of benzene rings is 3. The fourth-order valence-corrected chi connectivity index (χ4v) is 5.89. The minimum Gasteiger partial charge on any atom is -0.487 e. The van der Waals surface area contributed by atoms with Gasteiger partial charge in [-0.25, -0.2) is 0 Å². The molecular formula is C24H13BrCl3IN2O3S. The number of halogens is 5.